The van der Waals surface area contributed by atoms with E-state index >= 15 is 0 Å². The molecule has 3 rings (SSSR count). The number of anilines is 2. The van der Waals surface area contributed by atoms with Gasteiger partial charge in [-0.05, 0) is 55.3 Å². The molecule has 6 nitrogen and oxygen atoms in total. The number of nitrogens with one attached hydrogen (secondary N) is 2. The number of carbonyl (C=O) groups excluding carboxylic acids is 2. The number of benzene rings is 2. The van der Waals surface area contributed by atoms with Gasteiger partial charge in [0, 0.05) is 21.5 Å². The number of amides is 2. The molecule has 0 bridgehead atoms. The number of halogens is 1. The summed E-state index contributed by atoms with van der Waals surface area (Å²) < 4.78 is 26.3. The van der Waals surface area contributed by atoms with Gasteiger partial charge in [0.1, 0.15) is 0 Å². The SMILES string of the molecule is CC[C@@H]1Sc2ccc(S(=O)(=O)CCC(=O)Nc3ccc(Br)c(C)c3)cc2NC1=O. The van der Waals surface area contributed by atoms with Crippen molar-refractivity contribution in [3.8, 4) is 0 Å². The standard InChI is InChI=1S/C20H21BrN2O4S2/c1-3-17-20(25)23-16-11-14(5-7-18(16)28-17)29(26,27)9-8-19(24)22-13-4-6-15(21)12(2)10-13/h4-7,10-11,17H,3,8-9H2,1-2H3,(H,22,24)(H,23,25)/t17-/m0/s1. The van der Waals surface area contributed by atoms with E-state index in [1.165, 1.54) is 23.9 Å². The Morgan fingerprint density at radius 3 is 2.69 bits per heavy atom. The van der Waals surface area contributed by atoms with Crippen LogP contribution in [0.5, 0.6) is 0 Å². The van der Waals surface area contributed by atoms with Crippen molar-refractivity contribution in [3.63, 3.8) is 0 Å². The number of carbonyl (C=O) groups is 2. The summed E-state index contributed by atoms with van der Waals surface area (Å²) in [7, 11) is -3.66. The molecule has 0 fully saturated rings. The van der Waals surface area contributed by atoms with Crippen molar-refractivity contribution in [2.45, 2.75) is 41.7 Å². The van der Waals surface area contributed by atoms with Crippen molar-refractivity contribution >= 4 is 60.7 Å². The molecule has 0 saturated carbocycles. The van der Waals surface area contributed by atoms with Crippen LogP contribution in [-0.2, 0) is 19.4 Å². The molecular weight excluding hydrogens is 476 g/mol. The highest BCUT2D eigenvalue weighted by Crippen LogP contribution is 2.38. The minimum atomic E-state index is -3.66. The molecule has 0 radical (unpaired) electrons. The molecule has 9 heteroatoms. The molecule has 0 unspecified atom stereocenters. The minimum absolute atomic E-state index is 0.0967. The lowest BCUT2D eigenvalue weighted by atomic mass is 10.2. The molecule has 2 amide bonds. The van der Waals surface area contributed by atoms with E-state index in [1.807, 2.05) is 26.0 Å². The fourth-order valence-electron chi connectivity index (χ4n) is 2.88. The van der Waals surface area contributed by atoms with Gasteiger partial charge in [0.25, 0.3) is 0 Å². The van der Waals surface area contributed by atoms with Gasteiger partial charge >= 0.3 is 0 Å². The lowest BCUT2D eigenvalue weighted by Gasteiger charge is -2.23. The second-order valence-corrected chi connectivity index (χ2v) is 11.0. The molecule has 0 aromatic heterocycles. The molecular formula is C20H21BrN2O4S2. The van der Waals surface area contributed by atoms with E-state index in [2.05, 4.69) is 26.6 Å². The highest BCUT2D eigenvalue weighted by atomic mass is 79.9. The van der Waals surface area contributed by atoms with Crippen LogP contribution in [0.3, 0.4) is 0 Å². The van der Waals surface area contributed by atoms with Crippen molar-refractivity contribution in [2.24, 2.45) is 0 Å². The molecule has 2 aromatic rings. The molecule has 154 valence electrons. The summed E-state index contributed by atoms with van der Waals surface area (Å²) in [4.78, 5) is 25.2. The summed E-state index contributed by atoms with van der Waals surface area (Å²) in [6.45, 7) is 3.84. The topological polar surface area (TPSA) is 92.3 Å². The number of hydrogen-bond acceptors (Lipinski definition) is 5. The van der Waals surface area contributed by atoms with Crippen LogP contribution in [0.1, 0.15) is 25.3 Å². The van der Waals surface area contributed by atoms with Gasteiger partial charge in [0.05, 0.1) is 21.6 Å². The monoisotopic (exact) mass is 496 g/mol. The highest BCUT2D eigenvalue weighted by molar-refractivity contribution is 9.10. The fraction of sp³-hybridized carbons (Fsp3) is 0.300. The van der Waals surface area contributed by atoms with Gasteiger partial charge in [-0.25, -0.2) is 8.42 Å². The molecule has 0 aliphatic carbocycles. The number of aryl methyl sites for hydroxylation is 1. The van der Waals surface area contributed by atoms with E-state index in [9.17, 15) is 18.0 Å². The van der Waals surface area contributed by atoms with Crippen LogP contribution < -0.4 is 10.6 Å². The van der Waals surface area contributed by atoms with E-state index in [0.717, 1.165) is 14.9 Å². The van der Waals surface area contributed by atoms with Crippen LogP contribution >= 0.6 is 27.7 Å². The third kappa shape index (κ3) is 5.21. The molecule has 1 aliphatic heterocycles. The van der Waals surface area contributed by atoms with Gasteiger partial charge < -0.3 is 10.6 Å². The predicted octanol–water partition coefficient (Wildman–Crippen LogP) is 4.38. The maximum Gasteiger partial charge on any atom is 0.237 e. The fourth-order valence-corrected chi connectivity index (χ4v) is 5.41. The normalized spacial score (nSPS) is 16.1. The first-order valence-corrected chi connectivity index (χ1v) is 12.4. The van der Waals surface area contributed by atoms with Gasteiger partial charge in [0.2, 0.25) is 11.8 Å². The lowest BCUT2D eigenvalue weighted by molar-refractivity contribution is -0.116. The van der Waals surface area contributed by atoms with E-state index in [1.54, 1.807) is 12.1 Å². The first-order chi connectivity index (χ1) is 13.7. The molecule has 1 atom stereocenters. The Bertz CT molecular complexity index is 1070. The van der Waals surface area contributed by atoms with Crippen LogP contribution in [-0.4, -0.2) is 31.2 Å². The molecule has 0 spiro atoms. The van der Waals surface area contributed by atoms with Crippen molar-refractivity contribution in [1.82, 2.24) is 0 Å². The van der Waals surface area contributed by atoms with E-state index in [-0.39, 0.29) is 34.1 Å². The van der Waals surface area contributed by atoms with Gasteiger partial charge in [-0.15, -0.1) is 11.8 Å². The third-order valence-electron chi connectivity index (χ3n) is 4.54. The lowest BCUT2D eigenvalue weighted by Crippen LogP contribution is -2.28. The average molecular weight is 497 g/mol. The summed E-state index contributed by atoms with van der Waals surface area (Å²) >= 11 is 4.83. The average Bonchev–Trinajstić information content (AvgIpc) is 2.68. The molecule has 0 saturated heterocycles. The smallest absolute Gasteiger partial charge is 0.237 e. The Balaban J connectivity index is 1.66. The summed E-state index contributed by atoms with van der Waals surface area (Å²) in [5.74, 6) is -0.808. The zero-order valence-corrected chi connectivity index (χ0v) is 19.2. The van der Waals surface area contributed by atoms with Gasteiger partial charge in [-0.3, -0.25) is 9.59 Å². The number of thioether (sulfide) groups is 1. The van der Waals surface area contributed by atoms with Crippen LogP contribution in [0, 0.1) is 6.92 Å². The van der Waals surface area contributed by atoms with Gasteiger partial charge in [0.15, 0.2) is 9.84 Å². The maximum absolute atomic E-state index is 12.7. The summed E-state index contributed by atoms with van der Waals surface area (Å²) in [6.07, 6.45) is 0.538. The van der Waals surface area contributed by atoms with Crippen LogP contribution in [0.25, 0.3) is 0 Å². The zero-order valence-electron chi connectivity index (χ0n) is 16.0. The van der Waals surface area contributed by atoms with Crippen LogP contribution in [0.2, 0.25) is 0 Å². The number of sulfone groups is 1. The zero-order chi connectivity index (χ0) is 21.2. The summed E-state index contributed by atoms with van der Waals surface area (Å²) in [6, 6.07) is 10.1. The Morgan fingerprint density at radius 1 is 1.24 bits per heavy atom. The number of rotatable bonds is 6. The summed E-state index contributed by atoms with van der Waals surface area (Å²) in [5, 5.41) is 5.32. The first kappa shape index (κ1) is 21.9. The van der Waals surface area contributed by atoms with Gasteiger partial charge in [-0.1, -0.05) is 22.9 Å². The highest BCUT2D eigenvalue weighted by Gasteiger charge is 2.27. The second-order valence-electron chi connectivity index (χ2n) is 6.74. The minimum Gasteiger partial charge on any atom is -0.326 e. The predicted molar refractivity (Wildman–Crippen MR) is 119 cm³/mol. The van der Waals surface area contributed by atoms with Crippen molar-refractivity contribution in [2.75, 3.05) is 16.4 Å². The molecule has 2 aromatic carbocycles. The third-order valence-corrected chi connectivity index (χ3v) is 8.59. The Hall–Kier alpha value is -1.84. The van der Waals surface area contributed by atoms with Gasteiger partial charge in [-0.2, -0.15) is 0 Å². The number of fused-ring (bicyclic) bond motifs is 1. The van der Waals surface area contributed by atoms with E-state index in [4.69, 9.17) is 0 Å². The Labute approximate surface area is 182 Å². The van der Waals surface area contributed by atoms with Crippen molar-refractivity contribution in [3.05, 3.63) is 46.4 Å². The van der Waals surface area contributed by atoms with E-state index in [0.29, 0.717) is 17.8 Å². The first-order valence-electron chi connectivity index (χ1n) is 9.10. The Kier molecular flexibility index (Phi) is 6.70. The second kappa shape index (κ2) is 8.89. The molecule has 29 heavy (non-hydrogen) atoms. The maximum atomic E-state index is 12.7. The summed E-state index contributed by atoms with van der Waals surface area (Å²) in [5.41, 5.74) is 2.09. The van der Waals surface area contributed by atoms with Crippen molar-refractivity contribution in [1.29, 1.82) is 0 Å². The number of hydrogen-bond donors (Lipinski definition) is 2. The van der Waals surface area contributed by atoms with Crippen LogP contribution in [0.4, 0.5) is 11.4 Å². The molecule has 1 aliphatic rings. The van der Waals surface area contributed by atoms with Crippen LogP contribution in [0.15, 0.2) is 50.7 Å². The van der Waals surface area contributed by atoms with Crippen molar-refractivity contribution < 1.29 is 18.0 Å². The molecule has 1 heterocycles. The quantitative estimate of drug-likeness (QED) is 0.618. The Morgan fingerprint density at radius 2 is 2.00 bits per heavy atom. The van der Waals surface area contributed by atoms with E-state index < -0.39 is 9.84 Å². The molecule has 2 N–H and O–H groups in total. The largest absolute Gasteiger partial charge is 0.326 e.